The maximum absolute atomic E-state index is 12.1. The van der Waals surface area contributed by atoms with Gasteiger partial charge in [0.05, 0.1) is 5.92 Å². The largest absolute Gasteiger partial charge is 0.481 e. The number of carboxylic acid groups (broad SMARTS) is 1. The molecule has 1 aliphatic rings. The van der Waals surface area contributed by atoms with Gasteiger partial charge in [-0.2, -0.15) is 0 Å². The highest BCUT2D eigenvalue weighted by molar-refractivity contribution is 5.85. The maximum Gasteiger partial charge on any atom is 0.408 e. The van der Waals surface area contributed by atoms with Crippen LogP contribution in [0.25, 0.3) is 0 Å². The van der Waals surface area contributed by atoms with Crippen LogP contribution in [0.5, 0.6) is 0 Å². The van der Waals surface area contributed by atoms with E-state index in [1.54, 1.807) is 6.92 Å². The monoisotopic (exact) mass is 284 g/mol. The third-order valence-electron chi connectivity index (χ3n) is 3.12. The van der Waals surface area contributed by atoms with E-state index in [1.807, 2.05) is 0 Å². The minimum absolute atomic E-state index is 0.0670. The molecule has 0 aromatic carbocycles. The Morgan fingerprint density at radius 3 is 2.85 bits per heavy atom. The van der Waals surface area contributed by atoms with Crippen molar-refractivity contribution in [1.29, 1.82) is 0 Å². The van der Waals surface area contributed by atoms with Crippen molar-refractivity contribution < 1.29 is 24.2 Å². The number of likely N-dealkylation sites (tertiary alicyclic amines) is 1. The summed E-state index contributed by atoms with van der Waals surface area (Å²) >= 11 is 0. The highest BCUT2D eigenvalue weighted by atomic mass is 16.5. The van der Waals surface area contributed by atoms with Crippen LogP contribution in [0.15, 0.2) is 12.7 Å². The first-order valence-corrected chi connectivity index (χ1v) is 6.51. The normalized spacial score (nSPS) is 19.9. The Morgan fingerprint density at radius 1 is 1.55 bits per heavy atom. The van der Waals surface area contributed by atoms with Crippen molar-refractivity contribution in [2.45, 2.75) is 25.8 Å². The first-order chi connectivity index (χ1) is 9.45. The molecule has 1 fully saturated rings. The smallest absolute Gasteiger partial charge is 0.408 e. The topological polar surface area (TPSA) is 95.9 Å². The Morgan fingerprint density at radius 2 is 2.25 bits per heavy atom. The Labute approximate surface area is 117 Å². The highest BCUT2D eigenvalue weighted by Gasteiger charge is 2.30. The van der Waals surface area contributed by atoms with E-state index in [2.05, 4.69) is 11.9 Å². The minimum atomic E-state index is -0.895. The number of piperidine rings is 1. The number of carboxylic acids is 1. The highest BCUT2D eigenvalue weighted by Crippen LogP contribution is 2.17. The lowest BCUT2D eigenvalue weighted by Gasteiger charge is -2.32. The standard InChI is InChI=1S/C13H20N2O5/c1-3-7-20-13(19)14-9(2)11(16)15-6-4-5-10(8-15)12(17)18/h3,9-10H,1,4-8H2,2H3,(H,14,19)(H,17,18). The van der Waals surface area contributed by atoms with E-state index in [0.29, 0.717) is 19.4 Å². The molecule has 2 unspecified atom stereocenters. The Bertz CT molecular complexity index is 396. The molecular weight excluding hydrogens is 264 g/mol. The molecule has 0 aliphatic carbocycles. The Hall–Kier alpha value is -2.05. The van der Waals surface area contributed by atoms with Gasteiger partial charge in [0.15, 0.2) is 0 Å². The summed E-state index contributed by atoms with van der Waals surface area (Å²) in [5.41, 5.74) is 0. The van der Waals surface area contributed by atoms with Crippen molar-refractivity contribution in [2.75, 3.05) is 19.7 Å². The van der Waals surface area contributed by atoms with E-state index in [1.165, 1.54) is 11.0 Å². The van der Waals surface area contributed by atoms with Gasteiger partial charge in [0.2, 0.25) is 5.91 Å². The number of nitrogens with zero attached hydrogens (tertiary/aromatic N) is 1. The molecule has 0 aromatic heterocycles. The number of ether oxygens (including phenoxy) is 1. The number of amides is 2. The van der Waals surface area contributed by atoms with Gasteiger partial charge in [-0.15, -0.1) is 0 Å². The van der Waals surface area contributed by atoms with Crippen LogP contribution in [-0.4, -0.2) is 53.7 Å². The van der Waals surface area contributed by atoms with Crippen LogP contribution in [0.2, 0.25) is 0 Å². The molecule has 1 aliphatic heterocycles. The third kappa shape index (κ3) is 4.56. The fourth-order valence-corrected chi connectivity index (χ4v) is 2.07. The van der Waals surface area contributed by atoms with E-state index in [4.69, 9.17) is 9.84 Å². The molecule has 1 heterocycles. The zero-order chi connectivity index (χ0) is 15.1. The number of nitrogens with one attached hydrogen (secondary N) is 1. The first-order valence-electron chi connectivity index (χ1n) is 6.51. The predicted octanol–water partition coefficient (Wildman–Crippen LogP) is 0.610. The molecule has 0 aromatic rings. The lowest BCUT2D eigenvalue weighted by Crippen LogP contribution is -2.51. The molecule has 1 saturated heterocycles. The average molecular weight is 284 g/mol. The van der Waals surface area contributed by atoms with Crippen molar-refractivity contribution in [3.63, 3.8) is 0 Å². The van der Waals surface area contributed by atoms with Gasteiger partial charge in [-0.05, 0) is 19.8 Å². The number of hydrogen-bond donors (Lipinski definition) is 2. The van der Waals surface area contributed by atoms with Crippen molar-refractivity contribution in [3.05, 3.63) is 12.7 Å². The van der Waals surface area contributed by atoms with Gasteiger partial charge in [0.1, 0.15) is 12.6 Å². The summed E-state index contributed by atoms with van der Waals surface area (Å²) in [6.45, 7) is 5.71. The number of aliphatic carboxylic acids is 1. The second-order valence-corrected chi connectivity index (χ2v) is 4.71. The molecule has 7 heteroatoms. The van der Waals surface area contributed by atoms with Crippen LogP contribution in [0, 0.1) is 5.92 Å². The quantitative estimate of drug-likeness (QED) is 0.721. The number of alkyl carbamates (subject to hydrolysis) is 1. The fourth-order valence-electron chi connectivity index (χ4n) is 2.07. The van der Waals surface area contributed by atoms with E-state index in [0.717, 1.165) is 0 Å². The molecular formula is C13H20N2O5. The number of carbonyl (C=O) groups excluding carboxylic acids is 2. The molecule has 112 valence electrons. The van der Waals surface area contributed by atoms with Crippen LogP contribution in [0.1, 0.15) is 19.8 Å². The Balaban J connectivity index is 2.49. The van der Waals surface area contributed by atoms with E-state index < -0.39 is 24.0 Å². The van der Waals surface area contributed by atoms with Crippen molar-refractivity contribution >= 4 is 18.0 Å². The number of carbonyl (C=O) groups is 3. The van der Waals surface area contributed by atoms with Crippen molar-refractivity contribution in [2.24, 2.45) is 5.92 Å². The van der Waals surface area contributed by atoms with Gasteiger partial charge in [-0.3, -0.25) is 9.59 Å². The summed E-state index contributed by atoms with van der Waals surface area (Å²) < 4.78 is 4.73. The van der Waals surface area contributed by atoms with Crippen molar-refractivity contribution in [3.8, 4) is 0 Å². The molecule has 0 spiro atoms. The lowest BCUT2D eigenvalue weighted by atomic mass is 9.98. The molecule has 0 bridgehead atoms. The van der Waals surface area contributed by atoms with Crippen molar-refractivity contribution in [1.82, 2.24) is 10.2 Å². The van der Waals surface area contributed by atoms with Gasteiger partial charge in [0, 0.05) is 13.1 Å². The molecule has 2 amide bonds. The van der Waals surface area contributed by atoms with Crippen LogP contribution in [-0.2, 0) is 14.3 Å². The number of hydrogen-bond acceptors (Lipinski definition) is 4. The summed E-state index contributed by atoms with van der Waals surface area (Å²) in [4.78, 5) is 35.9. The summed E-state index contributed by atoms with van der Waals surface area (Å²) in [6.07, 6.45) is 1.95. The van der Waals surface area contributed by atoms with Crippen LogP contribution in [0.3, 0.4) is 0 Å². The zero-order valence-corrected chi connectivity index (χ0v) is 11.5. The maximum atomic E-state index is 12.1. The molecule has 2 atom stereocenters. The molecule has 7 nitrogen and oxygen atoms in total. The average Bonchev–Trinajstić information content (AvgIpc) is 2.44. The molecule has 2 N–H and O–H groups in total. The molecule has 0 saturated carbocycles. The SMILES string of the molecule is C=CCOC(=O)NC(C)C(=O)N1CCCC(C(=O)O)C1. The summed E-state index contributed by atoms with van der Waals surface area (Å²) in [5, 5.41) is 11.4. The summed E-state index contributed by atoms with van der Waals surface area (Å²) in [7, 11) is 0. The lowest BCUT2D eigenvalue weighted by molar-refractivity contribution is -0.146. The zero-order valence-electron chi connectivity index (χ0n) is 11.5. The van der Waals surface area contributed by atoms with Crippen LogP contribution >= 0.6 is 0 Å². The fraction of sp³-hybridized carbons (Fsp3) is 0.615. The third-order valence-corrected chi connectivity index (χ3v) is 3.12. The second-order valence-electron chi connectivity index (χ2n) is 4.71. The summed E-state index contributed by atoms with van der Waals surface area (Å²) in [5.74, 6) is -1.73. The Kier molecular flexibility index (Phi) is 6.02. The molecule has 0 radical (unpaired) electrons. The summed E-state index contributed by atoms with van der Waals surface area (Å²) in [6, 6.07) is -0.750. The van der Waals surface area contributed by atoms with Crippen LogP contribution in [0.4, 0.5) is 4.79 Å². The molecule has 1 rings (SSSR count). The van der Waals surface area contributed by atoms with Gasteiger partial charge in [-0.1, -0.05) is 12.7 Å². The van der Waals surface area contributed by atoms with Gasteiger partial charge >= 0.3 is 12.1 Å². The van der Waals surface area contributed by atoms with Gasteiger partial charge < -0.3 is 20.1 Å². The van der Waals surface area contributed by atoms with E-state index in [9.17, 15) is 14.4 Å². The van der Waals surface area contributed by atoms with Gasteiger partial charge in [0.25, 0.3) is 0 Å². The number of rotatable bonds is 5. The van der Waals surface area contributed by atoms with Crippen LogP contribution < -0.4 is 5.32 Å². The van der Waals surface area contributed by atoms with Gasteiger partial charge in [-0.25, -0.2) is 4.79 Å². The van der Waals surface area contributed by atoms with E-state index >= 15 is 0 Å². The second kappa shape index (κ2) is 7.52. The first kappa shape index (κ1) is 16.0. The minimum Gasteiger partial charge on any atom is -0.481 e. The van der Waals surface area contributed by atoms with E-state index in [-0.39, 0.29) is 19.1 Å². The molecule has 20 heavy (non-hydrogen) atoms. The predicted molar refractivity (Wildman–Crippen MR) is 71.1 cm³/mol.